The molecule has 0 radical (unpaired) electrons. The number of ether oxygens (including phenoxy) is 2. The van der Waals surface area contributed by atoms with Crippen molar-refractivity contribution in [3.8, 4) is 6.01 Å². The van der Waals surface area contributed by atoms with Crippen LogP contribution in [0, 0.1) is 5.92 Å². The van der Waals surface area contributed by atoms with Gasteiger partial charge in [-0.25, -0.2) is 9.97 Å². The Morgan fingerprint density at radius 3 is 2.64 bits per heavy atom. The lowest BCUT2D eigenvalue weighted by Crippen LogP contribution is -2.44. The van der Waals surface area contributed by atoms with Gasteiger partial charge >= 0.3 is 6.01 Å². The summed E-state index contributed by atoms with van der Waals surface area (Å²) < 4.78 is 11.1. The van der Waals surface area contributed by atoms with Crippen molar-refractivity contribution in [3.63, 3.8) is 0 Å². The monoisotopic (exact) mass is 305 g/mol. The number of hydrogen-bond donors (Lipinski definition) is 0. The third-order valence-electron chi connectivity index (χ3n) is 4.39. The van der Waals surface area contributed by atoms with E-state index in [4.69, 9.17) is 9.47 Å². The highest BCUT2D eigenvalue weighted by Crippen LogP contribution is 2.21. The van der Waals surface area contributed by atoms with Crippen molar-refractivity contribution in [2.75, 3.05) is 26.3 Å². The normalized spacial score (nSPS) is 22.8. The van der Waals surface area contributed by atoms with E-state index in [9.17, 15) is 4.79 Å². The molecule has 1 atom stereocenters. The molecule has 0 spiro atoms. The summed E-state index contributed by atoms with van der Waals surface area (Å²) in [5, 5.41) is 0. The second-order valence-electron chi connectivity index (χ2n) is 5.93. The van der Waals surface area contributed by atoms with Crippen LogP contribution in [-0.2, 0) is 16.0 Å². The number of carbonyl (C=O) groups excluding carboxylic acids is 1. The van der Waals surface area contributed by atoms with Gasteiger partial charge in [-0.1, -0.05) is 6.92 Å². The van der Waals surface area contributed by atoms with Crippen LogP contribution in [-0.4, -0.2) is 53.2 Å². The van der Waals surface area contributed by atoms with Gasteiger partial charge in [-0.05, 0) is 18.4 Å². The maximum absolute atomic E-state index is 12.3. The van der Waals surface area contributed by atoms with E-state index in [0.29, 0.717) is 19.2 Å². The van der Waals surface area contributed by atoms with E-state index in [2.05, 4.69) is 16.9 Å². The summed E-state index contributed by atoms with van der Waals surface area (Å²) in [5.41, 5.74) is 1.10. The number of likely N-dealkylation sites (tertiary alicyclic amines) is 1. The minimum absolute atomic E-state index is 0.0578. The van der Waals surface area contributed by atoms with Gasteiger partial charge in [0.15, 0.2) is 0 Å². The first-order valence-electron chi connectivity index (χ1n) is 8.10. The van der Waals surface area contributed by atoms with Crippen LogP contribution in [0.5, 0.6) is 6.01 Å². The maximum atomic E-state index is 12.3. The minimum Gasteiger partial charge on any atom is -0.460 e. The third-order valence-corrected chi connectivity index (χ3v) is 4.39. The first-order valence-corrected chi connectivity index (χ1v) is 8.10. The number of carbonyl (C=O) groups is 1. The van der Waals surface area contributed by atoms with Crippen LogP contribution in [0.2, 0.25) is 0 Å². The molecule has 2 fully saturated rings. The van der Waals surface area contributed by atoms with Crippen molar-refractivity contribution < 1.29 is 14.3 Å². The van der Waals surface area contributed by atoms with Crippen LogP contribution in [0.1, 0.15) is 31.7 Å². The Kier molecular flexibility index (Phi) is 4.87. The molecule has 2 saturated heterocycles. The van der Waals surface area contributed by atoms with Crippen molar-refractivity contribution >= 4 is 5.91 Å². The number of rotatable bonds is 4. The van der Waals surface area contributed by atoms with E-state index < -0.39 is 0 Å². The molecule has 1 aromatic rings. The molecule has 120 valence electrons. The van der Waals surface area contributed by atoms with Gasteiger partial charge in [0.2, 0.25) is 5.91 Å². The molecule has 2 aliphatic heterocycles. The highest BCUT2D eigenvalue weighted by Gasteiger charge is 2.31. The van der Waals surface area contributed by atoms with Gasteiger partial charge in [0.1, 0.15) is 6.10 Å². The van der Waals surface area contributed by atoms with Gasteiger partial charge in [-0.3, -0.25) is 4.79 Å². The zero-order chi connectivity index (χ0) is 15.4. The second kappa shape index (κ2) is 7.05. The van der Waals surface area contributed by atoms with Gasteiger partial charge < -0.3 is 14.4 Å². The molecule has 1 unspecified atom stereocenters. The Morgan fingerprint density at radius 1 is 1.32 bits per heavy atom. The SMILES string of the molecule is CCc1cnc(OC2CCN(C(=O)C3CCOC3)CC2)nc1. The minimum atomic E-state index is 0.0578. The topological polar surface area (TPSA) is 64.5 Å². The Labute approximate surface area is 130 Å². The van der Waals surface area contributed by atoms with Crippen LogP contribution in [0.4, 0.5) is 0 Å². The van der Waals surface area contributed by atoms with Crippen LogP contribution in [0.15, 0.2) is 12.4 Å². The summed E-state index contributed by atoms with van der Waals surface area (Å²) >= 11 is 0. The van der Waals surface area contributed by atoms with Crippen LogP contribution >= 0.6 is 0 Å². The highest BCUT2D eigenvalue weighted by molar-refractivity contribution is 5.79. The van der Waals surface area contributed by atoms with E-state index in [1.165, 1.54) is 0 Å². The lowest BCUT2D eigenvalue weighted by atomic mass is 10.0. The highest BCUT2D eigenvalue weighted by atomic mass is 16.5. The predicted octanol–water partition coefficient (Wildman–Crippen LogP) is 1.45. The molecule has 2 aliphatic rings. The van der Waals surface area contributed by atoms with Gasteiger partial charge in [0, 0.05) is 44.9 Å². The van der Waals surface area contributed by atoms with E-state index >= 15 is 0 Å². The van der Waals surface area contributed by atoms with Crippen molar-refractivity contribution in [3.05, 3.63) is 18.0 Å². The molecule has 22 heavy (non-hydrogen) atoms. The molecule has 0 saturated carbocycles. The predicted molar refractivity (Wildman–Crippen MR) is 80.6 cm³/mol. The molecule has 0 bridgehead atoms. The molecule has 3 heterocycles. The van der Waals surface area contributed by atoms with Gasteiger partial charge in [0.05, 0.1) is 12.5 Å². The number of aryl methyl sites for hydroxylation is 1. The van der Waals surface area contributed by atoms with Crippen LogP contribution in [0.3, 0.4) is 0 Å². The Balaban J connectivity index is 1.47. The summed E-state index contributed by atoms with van der Waals surface area (Å²) in [5.74, 6) is 0.293. The second-order valence-corrected chi connectivity index (χ2v) is 5.93. The summed E-state index contributed by atoms with van der Waals surface area (Å²) in [7, 11) is 0. The molecular weight excluding hydrogens is 282 g/mol. The lowest BCUT2D eigenvalue weighted by molar-refractivity contribution is -0.137. The number of amides is 1. The molecule has 1 aromatic heterocycles. The number of hydrogen-bond acceptors (Lipinski definition) is 5. The fourth-order valence-electron chi connectivity index (χ4n) is 2.92. The van der Waals surface area contributed by atoms with E-state index in [1.807, 2.05) is 4.90 Å². The molecule has 1 amide bonds. The molecule has 6 nitrogen and oxygen atoms in total. The number of piperidine rings is 1. The molecule has 0 N–H and O–H groups in total. The lowest BCUT2D eigenvalue weighted by Gasteiger charge is -2.33. The zero-order valence-corrected chi connectivity index (χ0v) is 13.0. The summed E-state index contributed by atoms with van der Waals surface area (Å²) in [6.45, 7) is 4.84. The van der Waals surface area contributed by atoms with E-state index in [0.717, 1.165) is 44.3 Å². The largest absolute Gasteiger partial charge is 0.460 e. The third kappa shape index (κ3) is 3.55. The molecule has 0 aromatic carbocycles. The Bertz CT molecular complexity index is 492. The first-order chi connectivity index (χ1) is 10.8. The zero-order valence-electron chi connectivity index (χ0n) is 13.0. The fourth-order valence-corrected chi connectivity index (χ4v) is 2.92. The number of nitrogens with zero attached hydrogens (tertiary/aromatic N) is 3. The van der Waals surface area contributed by atoms with Crippen LogP contribution in [0.25, 0.3) is 0 Å². The van der Waals surface area contributed by atoms with Gasteiger partial charge in [-0.2, -0.15) is 0 Å². The van der Waals surface area contributed by atoms with Crippen LogP contribution < -0.4 is 4.74 Å². The van der Waals surface area contributed by atoms with E-state index in [-0.39, 0.29) is 17.9 Å². The maximum Gasteiger partial charge on any atom is 0.316 e. The quantitative estimate of drug-likeness (QED) is 0.842. The Morgan fingerprint density at radius 2 is 2.05 bits per heavy atom. The Hall–Kier alpha value is -1.69. The summed E-state index contributed by atoms with van der Waals surface area (Å²) in [6, 6.07) is 0.436. The average Bonchev–Trinajstić information content (AvgIpc) is 3.10. The molecule has 3 rings (SSSR count). The molecular formula is C16H23N3O3. The standard InChI is InChI=1S/C16H23N3O3/c1-2-12-9-17-16(18-10-12)22-14-3-6-19(7-4-14)15(20)13-5-8-21-11-13/h9-10,13-14H,2-8,11H2,1H3. The fraction of sp³-hybridized carbons (Fsp3) is 0.688. The van der Waals surface area contributed by atoms with E-state index in [1.54, 1.807) is 12.4 Å². The first kappa shape index (κ1) is 15.2. The van der Waals surface area contributed by atoms with Gasteiger partial charge in [0.25, 0.3) is 0 Å². The van der Waals surface area contributed by atoms with Crippen molar-refractivity contribution in [2.45, 2.75) is 38.7 Å². The van der Waals surface area contributed by atoms with Gasteiger partial charge in [-0.15, -0.1) is 0 Å². The van der Waals surface area contributed by atoms with Crippen molar-refractivity contribution in [2.24, 2.45) is 5.92 Å². The summed E-state index contributed by atoms with van der Waals surface area (Å²) in [6.07, 6.45) is 7.15. The van der Waals surface area contributed by atoms with Crippen molar-refractivity contribution in [1.82, 2.24) is 14.9 Å². The molecule has 6 heteroatoms. The molecule has 0 aliphatic carbocycles. The smallest absolute Gasteiger partial charge is 0.316 e. The average molecular weight is 305 g/mol. The number of aromatic nitrogens is 2. The van der Waals surface area contributed by atoms with Crippen molar-refractivity contribution in [1.29, 1.82) is 0 Å². The summed E-state index contributed by atoms with van der Waals surface area (Å²) in [4.78, 5) is 22.7.